The molecule has 1 aliphatic rings. The van der Waals surface area contributed by atoms with Gasteiger partial charge >= 0.3 is 0 Å². The van der Waals surface area contributed by atoms with E-state index in [0.29, 0.717) is 5.92 Å². The van der Waals surface area contributed by atoms with Gasteiger partial charge in [-0.1, -0.05) is 19.7 Å². The predicted molar refractivity (Wildman–Crippen MR) is 30.8 cm³/mol. The molecule has 3 heteroatoms. The van der Waals surface area contributed by atoms with Crippen LogP contribution in [0.5, 0.6) is 0 Å². The minimum absolute atomic E-state index is 0.650. The third-order valence-corrected chi connectivity index (χ3v) is 1.25. The lowest BCUT2D eigenvalue weighted by Gasteiger charge is -1.99. The molecule has 0 bridgehead atoms. The van der Waals surface area contributed by atoms with Crippen LogP contribution in [0.2, 0.25) is 0 Å². The number of thiol groups is 1. The Balaban J connectivity index is 2.26. The van der Waals surface area contributed by atoms with Crippen LogP contribution >= 0.6 is 12.8 Å². The smallest absolute Gasteiger partial charge is 0.0735 e. The summed E-state index contributed by atoms with van der Waals surface area (Å²) < 4.78 is 1.57. The van der Waals surface area contributed by atoms with Crippen LogP contribution in [0, 0.1) is 5.92 Å². The maximum absolute atomic E-state index is 4.96. The monoisotopic (exact) mass is 119 g/mol. The van der Waals surface area contributed by atoms with E-state index in [4.69, 9.17) is 4.84 Å². The van der Waals surface area contributed by atoms with E-state index in [9.17, 15) is 0 Å². The molecule has 0 saturated carbocycles. The van der Waals surface area contributed by atoms with Crippen molar-refractivity contribution in [1.29, 1.82) is 0 Å². The standard InChI is InChI=1S/C4H9NOS/c1-4-2-5(7)6-3-4/h4,7H,2-3H2,1H3. The quantitative estimate of drug-likeness (QED) is 0.472. The van der Waals surface area contributed by atoms with Crippen molar-refractivity contribution in [2.24, 2.45) is 5.92 Å². The lowest BCUT2D eigenvalue weighted by molar-refractivity contribution is -0.0163. The van der Waals surface area contributed by atoms with Gasteiger partial charge < -0.3 is 0 Å². The molecule has 1 rings (SSSR count). The van der Waals surface area contributed by atoms with E-state index < -0.39 is 0 Å². The van der Waals surface area contributed by atoms with Crippen LogP contribution in [0.15, 0.2) is 0 Å². The van der Waals surface area contributed by atoms with Gasteiger partial charge in [0.2, 0.25) is 0 Å². The van der Waals surface area contributed by atoms with Crippen LogP contribution in [-0.2, 0) is 4.84 Å². The van der Waals surface area contributed by atoms with E-state index in [1.165, 1.54) is 0 Å². The number of nitrogens with zero attached hydrogens (tertiary/aromatic N) is 1. The van der Waals surface area contributed by atoms with Crippen molar-refractivity contribution in [2.45, 2.75) is 6.92 Å². The first kappa shape index (κ1) is 5.41. The zero-order valence-corrected chi connectivity index (χ0v) is 5.19. The second-order valence-electron chi connectivity index (χ2n) is 1.94. The largest absolute Gasteiger partial charge is 0.288 e. The van der Waals surface area contributed by atoms with Crippen LogP contribution < -0.4 is 0 Å². The molecule has 0 aromatic carbocycles. The molecule has 7 heavy (non-hydrogen) atoms. The fraction of sp³-hybridized carbons (Fsp3) is 1.00. The summed E-state index contributed by atoms with van der Waals surface area (Å²) in [7, 11) is 0. The molecule has 1 atom stereocenters. The summed E-state index contributed by atoms with van der Waals surface area (Å²) in [5.74, 6) is 0.650. The van der Waals surface area contributed by atoms with E-state index >= 15 is 0 Å². The molecule has 0 spiro atoms. The van der Waals surface area contributed by atoms with Crippen molar-refractivity contribution in [3.8, 4) is 0 Å². The number of rotatable bonds is 0. The first-order chi connectivity index (χ1) is 3.29. The third-order valence-electron chi connectivity index (χ3n) is 0.976. The summed E-state index contributed by atoms with van der Waals surface area (Å²) in [6.45, 7) is 3.91. The highest BCUT2D eigenvalue weighted by molar-refractivity contribution is 7.77. The van der Waals surface area contributed by atoms with Crippen LogP contribution in [0.1, 0.15) is 6.92 Å². The summed E-state index contributed by atoms with van der Waals surface area (Å²) in [6, 6.07) is 0. The first-order valence-corrected chi connectivity index (χ1v) is 2.78. The van der Waals surface area contributed by atoms with Gasteiger partial charge in [0.1, 0.15) is 0 Å². The van der Waals surface area contributed by atoms with E-state index in [0.717, 1.165) is 13.2 Å². The van der Waals surface area contributed by atoms with Crippen molar-refractivity contribution < 1.29 is 4.84 Å². The van der Waals surface area contributed by atoms with Crippen molar-refractivity contribution in [2.75, 3.05) is 13.2 Å². The fourth-order valence-electron chi connectivity index (χ4n) is 0.585. The highest BCUT2D eigenvalue weighted by atomic mass is 32.1. The number of hydrogen-bond acceptors (Lipinski definition) is 3. The maximum atomic E-state index is 4.96. The molecule has 0 amide bonds. The molecule has 0 aromatic rings. The van der Waals surface area contributed by atoms with E-state index in [-0.39, 0.29) is 0 Å². The molecule has 2 nitrogen and oxygen atoms in total. The SMILES string of the molecule is CC1CON(S)C1. The van der Waals surface area contributed by atoms with Crippen molar-refractivity contribution in [3.63, 3.8) is 0 Å². The molecule has 0 aromatic heterocycles. The molecule has 1 heterocycles. The predicted octanol–water partition coefficient (Wildman–Crippen LogP) is 0.715. The Morgan fingerprint density at radius 3 is 2.71 bits per heavy atom. The normalized spacial score (nSPS) is 34.3. The lowest BCUT2D eigenvalue weighted by Crippen LogP contribution is -2.03. The molecule has 0 aliphatic carbocycles. The topological polar surface area (TPSA) is 12.5 Å². The van der Waals surface area contributed by atoms with Crippen LogP contribution in [0.3, 0.4) is 0 Å². The van der Waals surface area contributed by atoms with Crippen LogP contribution in [0.4, 0.5) is 0 Å². The van der Waals surface area contributed by atoms with Crippen molar-refractivity contribution >= 4 is 12.8 Å². The summed E-state index contributed by atoms with van der Waals surface area (Å²) in [6.07, 6.45) is 0. The summed E-state index contributed by atoms with van der Waals surface area (Å²) in [4.78, 5) is 4.96. The first-order valence-electron chi connectivity index (χ1n) is 2.38. The Bertz CT molecular complexity index is 60.7. The number of hydroxylamine groups is 1. The van der Waals surface area contributed by atoms with Gasteiger partial charge in [0.25, 0.3) is 0 Å². The third kappa shape index (κ3) is 1.33. The molecule has 1 aliphatic heterocycles. The summed E-state index contributed by atoms with van der Waals surface area (Å²) >= 11 is 3.96. The average molecular weight is 119 g/mol. The second kappa shape index (κ2) is 2.03. The van der Waals surface area contributed by atoms with Gasteiger partial charge in [0.05, 0.1) is 6.61 Å². The fourth-order valence-corrected chi connectivity index (χ4v) is 0.931. The Labute approximate surface area is 48.9 Å². The maximum Gasteiger partial charge on any atom is 0.0735 e. The minimum Gasteiger partial charge on any atom is -0.288 e. The van der Waals surface area contributed by atoms with Crippen molar-refractivity contribution in [3.05, 3.63) is 0 Å². The van der Waals surface area contributed by atoms with Gasteiger partial charge in [-0.15, -0.1) is 4.47 Å². The van der Waals surface area contributed by atoms with Crippen molar-refractivity contribution in [1.82, 2.24) is 4.47 Å². The number of hydrogen-bond donors (Lipinski definition) is 1. The zero-order valence-electron chi connectivity index (χ0n) is 4.29. The van der Waals surface area contributed by atoms with E-state index in [2.05, 4.69) is 19.7 Å². The Hall–Kier alpha value is 0.270. The highest BCUT2D eigenvalue weighted by Gasteiger charge is 2.15. The Morgan fingerprint density at radius 1 is 1.86 bits per heavy atom. The molecule has 1 unspecified atom stereocenters. The molecule has 1 fully saturated rings. The van der Waals surface area contributed by atoms with Crippen LogP contribution in [-0.4, -0.2) is 17.6 Å². The Kier molecular flexibility index (Phi) is 1.57. The molecule has 0 N–H and O–H groups in total. The Morgan fingerprint density at radius 2 is 2.57 bits per heavy atom. The lowest BCUT2D eigenvalue weighted by atomic mass is 10.2. The summed E-state index contributed by atoms with van der Waals surface area (Å²) in [5, 5.41) is 0. The van der Waals surface area contributed by atoms with E-state index in [1.807, 2.05) is 0 Å². The van der Waals surface area contributed by atoms with E-state index in [1.54, 1.807) is 4.47 Å². The molecule has 1 saturated heterocycles. The van der Waals surface area contributed by atoms with Gasteiger partial charge in [-0.3, -0.25) is 4.84 Å². The molecular weight excluding hydrogens is 110 g/mol. The highest BCUT2D eigenvalue weighted by Crippen LogP contribution is 2.11. The van der Waals surface area contributed by atoms with Gasteiger partial charge in [-0.05, 0) is 5.92 Å². The summed E-state index contributed by atoms with van der Waals surface area (Å²) in [5.41, 5.74) is 0. The minimum atomic E-state index is 0.650. The van der Waals surface area contributed by atoms with Crippen LogP contribution in [0.25, 0.3) is 0 Å². The molecule has 42 valence electrons. The molecular formula is C4H9NOS. The zero-order chi connectivity index (χ0) is 5.28. The average Bonchev–Trinajstić information content (AvgIpc) is 1.87. The van der Waals surface area contributed by atoms with Gasteiger partial charge in [0.15, 0.2) is 0 Å². The van der Waals surface area contributed by atoms with Gasteiger partial charge in [-0.25, -0.2) is 0 Å². The van der Waals surface area contributed by atoms with Gasteiger partial charge in [0, 0.05) is 6.54 Å². The van der Waals surface area contributed by atoms with Gasteiger partial charge in [-0.2, -0.15) is 0 Å². The molecule has 0 radical (unpaired) electrons. The second-order valence-corrected chi connectivity index (χ2v) is 2.38.